The van der Waals surface area contributed by atoms with Crippen molar-refractivity contribution in [3.8, 4) is 22.6 Å². The number of unbranched alkanes of at least 4 members (excludes halogenated alkanes) is 3. The Hall–Kier alpha value is -3.67. The zero-order valence-electron chi connectivity index (χ0n) is 17.5. The summed E-state index contributed by atoms with van der Waals surface area (Å²) in [5.74, 6) is 0.375. The molecule has 0 bridgehead atoms. The van der Waals surface area contributed by atoms with Crippen molar-refractivity contribution in [1.29, 1.82) is 0 Å². The average Bonchev–Trinajstić information content (AvgIpc) is 3.22. The summed E-state index contributed by atoms with van der Waals surface area (Å²) in [5, 5.41) is 14.7. The standard InChI is InChI=1S/C25H25N3O3/c1-2-3-4-8-15-26-22-13-12-20(28(29)30)17-21(22)25-27-23-16-19(11-14-24(23)31-25)18-9-6-5-7-10-18/h5-7,9-14,16-17,26H,2-4,8,15H2,1H3. The lowest BCUT2D eigenvalue weighted by Crippen LogP contribution is -2.03. The van der Waals surface area contributed by atoms with Crippen molar-refractivity contribution >= 4 is 22.5 Å². The van der Waals surface area contributed by atoms with Gasteiger partial charge in [0.05, 0.1) is 10.5 Å². The molecule has 1 N–H and O–H groups in total. The van der Waals surface area contributed by atoms with E-state index in [4.69, 9.17) is 4.42 Å². The maximum atomic E-state index is 11.3. The van der Waals surface area contributed by atoms with Crippen LogP contribution in [0.3, 0.4) is 0 Å². The highest BCUT2D eigenvalue weighted by Crippen LogP contribution is 2.34. The number of non-ortho nitro benzene ring substituents is 1. The third-order valence-corrected chi connectivity index (χ3v) is 5.28. The van der Waals surface area contributed by atoms with Crippen molar-refractivity contribution in [2.45, 2.75) is 32.6 Å². The number of nitrogens with zero attached hydrogens (tertiary/aromatic N) is 2. The second-order valence-electron chi connectivity index (χ2n) is 7.54. The summed E-state index contributed by atoms with van der Waals surface area (Å²) >= 11 is 0. The van der Waals surface area contributed by atoms with E-state index < -0.39 is 4.92 Å². The van der Waals surface area contributed by atoms with Crippen LogP contribution in [0.1, 0.15) is 32.6 Å². The highest BCUT2D eigenvalue weighted by molar-refractivity contribution is 5.84. The van der Waals surface area contributed by atoms with E-state index in [1.54, 1.807) is 6.07 Å². The third-order valence-electron chi connectivity index (χ3n) is 5.28. The van der Waals surface area contributed by atoms with Gasteiger partial charge in [-0.3, -0.25) is 10.1 Å². The van der Waals surface area contributed by atoms with Crippen LogP contribution in [0.4, 0.5) is 11.4 Å². The zero-order valence-corrected chi connectivity index (χ0v) is 17.5. The minimum absolute atomic E-state index is 0.0127. The van der Waals surface area contributed by atoms with Crippen LogP contribution in [0.5, 0.6) is 0 Å². The minimum atomic E-state index is -0.398. The van der Waals surface area contributed by atoms with Crippen molar-refractivity contribution in [3.63, 3.8) is 0 Å². The summed E-state index contributed by atoms with van der Waals surface area (Å²) in [6.07, 6.45) is 4.57. The van der Waals surface area contributed by atoms with Crippen LogP contribution in [-0.4, -0.2) is 16.5 Å². The van der Waals surface area contributed by atoms with Crippen molar-refractivity contribution in [2.75, 3.05) is 11.9 Å². The van der Waals surface area contributed by atoms with Gasteiger partial charge in [0.2, 0.25) is 5.89 Å². The van der Waals surface area contributed by atoms with Crippen LogP contribution in [0.2, 0.25) is 0 Å². The Morgan fingerprint density at radius 2 is 1.81 bits per heavy atom. The second kappa shape index (κ2) is 9.43. The number of hydrogen-bond donors (Lipinski definition) is 1. The number of nitro groups is 1. The highest BCUT2D eigenvalue weighted by Gasteiger charge is 2.17. The molecule has 4 rings (SSSR count). The van der Waals surface area contributed by atoms with Gasteiger partial charge in [0, 0.05) is 24.4 Å². The lowest BCUT2D eigenvalue weighted by atomic mass is 10.1. The molecule has 0 atom stereocenters. The van der Waals surface area contributed by atoms with Crippen molar-refractivity contribution in [3.05, 3.63) is 76.8 Å². The lowest BCUT2D eigenvalue weighted by molar-refractivity contribution is -0.384. The molecule has 31 heavy (non-hydrogen) atoms. The molecule has 0 radical (unpaired) electrons. The molecule has 0 aliphatic heterocycles. The normalized spacial score (nSPS) is 11.0. The number of fused-ring (bicyclic) bond motifs is 1. The van der Waals surface area contributed by atoms with Gasteiger partial charge in [-0.2, -0.15) is 0 Å². The van der Waals surface area contributed by atoms with E-state index in [0.717, 1.165) is 41.7 Å². The Balaban J connectivity index is 1.67. The minimum Gasteiger partial charge on any atom is -0.436 e. The van der Waals surface area contributed by atoms with Crippen LogP contribution in [0, 0.1) is 10.1 Å². The molecule has 158 valence electrons. The summed E-state index contributed by atoms with van der Waals surface area (Å²) in [4.78, 5) is 15.6. The molecule has 0 saturated heterocycles. The first-order valence-corrected chi connectivity index (χ1v) is 10.6. The predicted octanol–water partition coefficient (Wildman–Crippen LogP) is 7.06. The van der Waals surface area contributed by atoms with E-state index in [1.807, 2.05) is 48.5 Å². The zero-order chi connectivity index (χ0) is 21.6. The predicted molar refractivity (Wildman–Crippen MR) is 124 cm³/mol. The Morgan fingerprint density at radius 3 is 2.58 bits per heavy atom. The number of benzene rings is 3. The largest absolute Gasteiger partial charge is 0.436 e. The van der Waals surface area contributed by atoms with Crippen molar-refractivity contribution in [2.24, 2.45) is 0 Å². The number of oxazole rings is 1. The van der Waals surface area contributed by atoms with Gasteiger partial charge in [0.15, 0.2) is 5.58 Å². The van der Waals surface area contributed by atoms with E-state index in [-0.39, 0.29) is 5.69 Å². The Kier molecular flexibility index (Phi) is 6.26. The number of hydrogen-bond acceptors (Lipinski definition) is 5. The smallest absolute Gasteiger partial charge is 0.270 e. The van der Waals surface area contributed by atoms with Crippen LogP contribution in [0.15, 0.2) is 71.1 Å². The maximum Gasteiger partial charge on any atom is 0.270 e. The molecular weight excluding hydrogens is 390 g/mol. The second-order valence-corrected chi connectivity index (χ2v) is 7.54. The molecule has 0 aliphatic rings. The number of aromatic nitrogens is 1. The molecule has 6 heteroatoms. The van der Waals surface area contributed by atoms with Crippen molar-refractivity contribution in [1.82, 2.24) is 4.98 Å². The van der Waals surface area contributed by atoms with Gasteiger partial charge in [-0.25, -0.2) is 4.98 Å². The van der Waals surface area contributed by atoms with Crippen LogP contribution < -0.4 is 5.32 Å². The molecule has 0 spiro atoms. The topological polar surface area (TPSA) is 81.2 Å². The van der Waals surface area contributed by atoms with Crippen molar-refractivity contribution < 1.29 is 9.34 Å². The summed E-state index contributed by atoms with van der Waals surface area (Å²) in [6.45, 7) is 2.97. The van der Waals surface area contributed by atoms with E-state index in [1.165, 1.54) is 25.0 Å². The summed E-state index contributed by atoms with van der Waals surface area (Å²) < 4.78 is 5.99. The fourth-order valence-electron chi connectivity index (χ4n) is 3.60. The number of anilines is 1. The van der Waals surface area contributed by atoms with Gasteiger partial charge in [0.25, 0.3) is 5.69 Å². The van der Waals surface area contributed by atoms with Gasteiger partial charge >= 0.3 is 0 Å². The average molecular weight is 415 g/mol. The molecular formula is C25H25N3O3. The fourth-order valence-corrected chi connectivity index (χ4v) is 3.60. The van der Waals surface area contributed by atoms with Gasteiger partial charge in [-0.15, -0.1) is 0 Å². The SMILES string of the molecule is CCCCCCNc1ccc([N+](=O)[O-])cc1-c1nc2cc(-c3ccccc3)ccc2o1. The maximum absolute atomic E-state index is 11.3. The van der Waals surface area contributed by atoms with E-state index in [9.17, 15) is 10.1 Å². The molecule has 0 fully saturated rings. The molecule has 4 aromatic rings. The summed E-state index contributed by atoms with van der Waals surface area (Å²) in [5.41, 5.74) is 4.91. The first kappa shape index (κ1) is 20.6. The summed E-state index contributed by atoms with van der Waals surface area (Å²) in [6, 6.07) is 20.7. The number of rotatable bonds is 9. The fraction of sp³-hybridized carbons (Fsp3) is 0.240. The molecule has 0 aliphatic carbocycles. The Morgan fingerprint density at radius 1 is 0.968 bits per heavy atom. The highest BCUT2D eigenvalue weighted by atomic mass is 16.6. The van der Waals surface area contributed by atoms with Crippen LogP contribution in [-0.2, 0) is 0 Å². The van der Waals surface area contributed by atoms with Gasteiger partial charge < -0.3 is 9.73 Å². The van der Waals surface area contributed by atoms with Crippen LogP contribution >= 0.6 is 0 Å². The van der Waals surface area contributed by atoms with Gasteiger partial charge in [-0.1, -0.05) is 62.6 Å². The Labute approximate surface area is 181 Å². The van der Waals surface area contributed by atoms with Gasteiger partial charge in [0.1, 0.15) is 5.52 Å². The molecule has 1 heterocycles. The monoisotopic (exact) mass is 415 g/mol. The molecule has 0 amide bonds. The van der Waals surface area contributed by atoms with E-state index >= 15 is 0 Å². The Bertz CT molecular complexity index is 1190. The first-order valence-electron chi connectivity index (χ1n) is 10.6. The molecule has 0 saturated carbocycles. The quantitative estimate of drug-likeness (QED) is 0.180. The van der Waals surface area contributed by atoms with E-state index in [2.05, 4.69) is 17.2 Å². The molecule has 1 aromatic heterocycles. The molecule has 0 unspecified atom stereocenters. The number of nitro benzene ring substituents is 1. The summed E-state index contributed by atoms with van der Waals surface area (Å²) in [7, 11) is 0. The lowest BCUT2D eigenvalue weighted by Gasteiger charge is -2.10. The molecule has 6 nitrogen and oxygen atoms in total. The number of nitrogens with one attached hydrogen (secondary N) is 1. The molecule has 3 aromatic carbocycles. The van der Waals surface area contributed by atoms with Crippen LogP contribution in [0.25, 0.3) is 33.7 Å². The van der Waals surface area contributed by atoms with Gasteiger partial charge in [-0.05, 0) is 35.7 Å². The van der Waals surface area contributed by atoms with E-state index in [0.29, 0.717) is 17.0 Å². The third kappa shape index (κ3) is 4.74. The first-order chi connectivity index (χ1) is 15.2.